The summed E-state index contributed by atoms with van der Waals surface area (Å²) in [6, 6.07) is 0. The summed E-state index contributed by atoms with van der Waals surface area (Å²) >= 11 is 0. The number of hydrogen-bond acceptors (Lipinski definition) is 3. The maximum absolute atomic E-state index is 10.3. The zero-order valence-corrected chi connectivity index (χ0v) is 8.11. The molecule has 0 aromatic heterocycles. The van der Waals surface area contributed by atoms with Crippen molar-refractivity contribution < 1.29 is 4.79 Å². The average Bonchev–Trinajstić information content (AvgIpc) is 1.83. The Labute approximate surface area is 73.9 Å². The van der Waals surface area contributed by atoms with E-state index in [0.29, 0.717) is 0 Å². The van der Waals surface area contributed by atoms with Gasteiger partial charge in [0.05, 0.1) is 6.54 Å². The van der Waals surface area contributed by atoms with E-state index < -0.39 is 0 Å². The first-order valence-electron chi connectivity index (χ1n) is 4.16. The molecule has 0 rings (SSSR count). The zero-order chi connectivity index (χ0) is 9.61. The second kappa shape index (κ2) is 5.11. The summed E-state index contributed by atoms with van der Waals surface area (Å²) < 4.78 is 0. The van der Waals surface area contributed by atoms with Gasteiger partial charge < -0.3 is 16.4 Å². The zero-order valence-electron chi connectivity index (χ0n) is 8.11. The molecule has 0 aromatic carbocycles. The monoisotopic (exact) mass is 173 g/mol. The van der Waals surface area contributed by atoms with Gasteiger partial charge in [0.2, 0.25) is 5.91 Å². The second-order valence-corrected chi connectivity index (χ2v) is 3.82. The number of carbonyl (C=O) groups excluding carboxylic acids is 1. The Bertz CT molecular complexity index is 140. The van der Waals surface area contributed by atoms with Gasteiger partial charge in [-0.3, -0.25) is 4.79 Å². The molecule has 0 fully saturated rings. The van der Waals surface area contributed by atoms with Crippen molar-refractivity contribution in [1.82, 2.24) is 10.6 Å². The summed E-state index contributed by atoms with van der Waals surface area (Å²) in [5.41, 5.74) is 5.07. The molecule has 0 aliphatic rings. The smallest absolute Gasteiger partial charge is 0.231 e. The lowest BCUT2D eigenvalue weighted by Gasteiger charge is -2.20. The van der Waals surface area contributed by atoms with Crippen molar-refractivity contribution in [2.75, 3.05) is 19.6 Å². The molecule has 0 heterocycles. The van der Waals surface area contributed by atoms with Crippen LogP contribution in [0.2, 0.25) is 0 Å². The number of hydrogen-bond donors (Lipinski definition) is 3. The van der Waals surface area contributed by atoms with E-state index in [0.717, 1.165) is 13.1 Å². The molecule has 0 spiro atoms. The van der Waals surface area contributed by atoms with Crippen LogP contribution in [0.1, 0.15) is 20.8 Å². The highest BCUT2D eigenvalue weighted by atomic mass is 16.1. The molecule has 72 valence electrons. The molecule has 0 aromatic rings. The normalized spacial score (nSPS) is 11.6. The molecule has 12 heavy (non-hydrogen) atoms. The molecule has 0 radical (unpaired) electrons. The summed E-state index contributed by atoms with van der Waals surface area (Å²) in [4.78, 5) is 10.3. The van der Waals surface area contributed by atoms with Crippen molar-refractivity contribution >= 4 is 5.91 Å². The van der Waals surface area contributed by atoms with E-state index in [9.17, 15) is 4.79 Å². The van der Waals surface area contributed by atoms with Crippen LogP contribution in [0.5, 0.6) is 0 Å². The molecule has 4 heteroatoms. The fraction of sp³-hybridized carbons (Fsp3) is 0.875. The molecular weight excluding hydrogens is 154 g/mol. The maximum Gasteiger partial charge on any atom is 0.231 e. The van der Waals surface area contributed by atoms with Gasteiger partial charge in [-0.25, -0.2) is 0 Å². The first kappa shape index (κ1) is 11.4. The minimum absolute atomic E-state index is 0.133. The molecule has 0 unspecified atom stereocenters. The second-order valence-electron chi connectivity index (χ2n) is 3.82. The van der Waals surface area contributed by atoms with Crippen molar-refractivity contribution in [3.05, 3.63) is 0 Å². The number of amides is 1. The van der Waals surface area contributed by atoms with Gasteiger partial charge in [-0.05, 0) is 20.8 Å². The average molecular weight is 173 g/mol. The molecule has 0 saturated heterocycles. The number of nitrogens with one attached hydrogen (secondary N) is 2. The molecule has 4 N–H and O–H groups in total. The molecule has 0 bridgehead atoms. The lowest BCUT2D eigenvalue weighted by atomic mass is 10.1. The van der Waals surface area contributed by atoms with Crippen LogP contribution in [-0.2, 0) is 4.79 Å². The van der Waals surface area contributed by atoms with Gasteiger partial charge in [0.15, 0.2) is 0 Å². The van der Waals surface area contributed by atoms with Crippen LogP contribution < -0.4 is 16.4 Å². The molecule has 0 saturated carbocycles. The predicted molar refractivity (Wildman–Crippen MR) is 49.8 cm³/mol. The van der Waals surface area contributed by atoms with Crippen LogP contribution in [-0.4, -0.2) is 31.1 Å². The summed E-state index contributed by atoms with van der Waals surface area (Å²) in [7, 11) is 0. The van der Waals surface area contributed by atoms with E-state index in [-0.39, 0.29) is 18.0 Å². The van der Waals surface area contributed by atoms with E-state index in [1.807, 2.05) is 0 Å². The van der Waals surface area contributed by atoms with Gasteiger partial charge in [0.1, 0.15) is 0 Å². The third kappa shape index (κ3) is 9.39. The highest BCUT2D eigenvalue weighted by Crippen LogP contribution is 1.95. The topological polar surface area (TPSA) is 67.2 Å². The van der Waals surface area contributed by atoms with Crippen LogP contribution in [0.15, 0.2) is 0 Å². The molecule has 1 amide bonds. The van der Waals surface area contributed by atoms with E-state index >= 15 is 0 Å². The van der Waals surface area contributed by atoms with Crippen LogP contribution in [0, 0.1) is 0 Å². The molecule has 0 aliphatic heterocycles. The van der Waals surface area contributed by atoms with Crippen molar-refractivity contribution in [1.29, 1.82) is 0 Å². The summed E-state index contributed by atoms with van der Waals surface area (Å²) in [5.74, 6) is -0.314. The number of primary amides is 1. The first-order valence-corrected chi connectivity index (χ1v) is 4.16. The quantitative estimate of drug-likeness (QED) is 0.489. The highest BCUT2D eigenvalue weighted by molar-refractivity contribution is 5.75. The van der Waals surface area contributed by atoms with Crippen molar-refractivity contribution in [2.45, 2.75) is 26.3 Å². The third-order valence-electron chi connectivity index (χ3n) is 1.26. The van der Waals surface area contributed by atoms with Gasteiger partial charge in [0, 0.05) is 18.6 Å². The van der Waals surface area contributed by atoms with Crippen LogP contribution in [0.25, 0.3) is 0 Å². The molecular formula is C8H19N3O. The highest BCUT2D eigenvalue weighted by Gasteiger charge is 2.06. The Morgan fingerprint density at radius 1 is 1.33 bits per heavy atom. The van der Waals surface area contributed by atoms with Crippen molar-refractivity contribution in [3.8, 4) is 0 Å². The fourth-order valence-electron chi connectivity index (χ4n) is 0.737. The Kier molecular flexibility index (Phi) is 4.85. The van der Waals surface area contributed by atoms with Crippen molar-refractivity contribution in [3.63, 3.8) is 0 Å². The Hall–Kier alpha value is -0.610. The number of carbonyl (C=O) groups is 1. The Morgan fingerprint density at radius 3 is 2.33 bits per heavy atom. The molecule has 0 aliphatic carbocycles. The Balaban J connectivity index is 3.17. The van der Waals surface area contributed by atoms with Crippen LogP contribution >= 0.6 is 0 Å². The van der Waals surface area contributed by atoms with Crippen LogP contribution in [0.3, 0.4) is 0 Å². The van der Waals surface area contributed by atoms with E-state index in [2.05, 4.69) is 31.4 Å². The lowest BCUT2D eigenvalue weighted by molar-refractivity contribution is -0.117. The van der Waals surface area contributed by atoms with Crippen LogP contribution in [0.4, 0.5) is 0 Å². The molecule has 0 atom stereocenters. The summed E-state index contributed by atoms with van der Waals surface area (Å²) in [5, 5.41) is 6.20. The van der Waals surface area contributed by atoms with E-state index in [1.54, 1.807) is 0 Å². The van der Waals surface area contributed by atoms with Crippen molar-refractivity contribution in [2.24, 2.45) is 5.73 Å². The lowest BCUT2D eigenvalue weighted by Crippen LogP contribution is -2.41. The number of rotatable bonds is 5. The Morgan fingerprint density at radius 2 is 1.92 bits per heavy atom. The van der Waals surface area contributed by atoms with Gasteiger partial charge in [0.25, 0.3) is 0 Å². The maximum atomic E-state index is 10.3. The predicted octanol–water partition coefficient (Wildman–Crippen LogP) is -0.551. The number of nitrogens with two attached hydrogens (primary N) is 1. The fourth-order valence-corrected chi connectivity index (χ4v) is 0.737. The third-order valence-corrected chi connectivity index (χ3v) is 1.26. The van der Waals surface area contributed by atoms with Gasteiger partial charge in [-0.2, -0.15) is 0 Å². The van der Waals surface area contributed by atoms with E-state index in [4.69, 9.17) is 5.73 Å². The van der Waals surface area contributed by atoms with Gasteiger partial charge >= 0.3 is 0 Å². The largest absolute Gasteiger partial charge is 0.369 e. The standard InChI is InChI=1S/C8H19N3O/c1-8(2,3)11-5-4-10-6-7(9)12/h10-11H,4-6H2,1-3H3,(H2,9,12). The van der Waals surface area contributed by atoms with E-state index in [1.165, 1.54) is 0 Å². The summed E-state index contributed by atoms with van der Waals surface area (Å²) in [6.07, 6.45) is 0. The van der Waals surface area contributed by atoms with Gasteiger partial charge in [-0.15, -0.1) is 0 Å². The first-order chi connectivity index (χ1) is 5.42. The molecule has 4 nitrogen and oxygen atoms in total. The SMILES string of the molecule is CC(C)(C)NCCNCC(N)=O. The van der Waals surface area contributed by atoms with Gasteiger partial charge in [-0.1, -0.05) is 0 Å². The minimum Gasteiger partial charge on any atom is -0.369 e. The summed E-state index contributed by atoms with van der Waals surface area (Å²) in [6.45, 7) is 8.16. The minimum atomic E-state index is -0.314.